The van der Waals surface area contributed by atoms with Crippen LogP contribution < -0.4 is 15.8 Å². The van der Waals surface area contributed by atoms with Gasteiger partial charge in [0.25, 0.3) is 0 Å². The summed E-state index contributed by atoms with van der Waals surface area (Å²) < 4.78 is 5.60. The van der Waals surface area contributed by atoms with Gasteiger partial charge in [-0.2, -0.15) is 4.98 Å². The zero-order chi connectivity index (χ0) is 15.4. The van der Waals surface area contributed by atoms with Crippen molar-refractivity contribution in [3.8, 4) is 5.88 Å². The van der Waals surface area contributed by atoms with Crippen LogP contribution in [0.2, 0.25) is 10.0 Å². The number of ether oxygens (including phenoxy) is 1. The number of nitrogen functional groups attached to an aromatic ring is 1. The molecule has 4 nitrogen and oxygen atoms in total. The normalized spacial score (nSPS) is 10.7. The maximum Gasteiger partial charge on any atom is 0.239 e. The Bertz CT molecular complexity index is 632. The monoisotopic (exact) mass is 325 g/mol. The van der Waals surface area contributed by atoms with Crippen molar-refractivity contribution >= 4 is 40.4 Å². The topological polar surface area (TPSA) is 60.2 Å². The molecular weight excluding hydrogens is 309 g/mol. The highest BCUT2D eigenvalue weighted by molar-refractivity contribution is 6.35. The third-order valence-electron chi connectivity index (χ3n) is 2.63. The van der Waals surface area contributed by atoms with Crippen molar-refractivity contribution in [2.24, 2.45) is 5.92 Å². The van der Waals surface area contributed by atoms with Crippen molar-refractivity contribution < 1.29 is 4.74 Å². The summed E-state index contributed by atoms with van der Waals surface area (Å²) in [4.78, 5) is 4.35. The predicted molar refractivity (Wildman–Crippen MR) is 88.7 cm³/mol. The van der Waals surface area contributed by atoms with Gasteiger partial charge in [-0.15, -0.1) is 0 Å². The van der Waals surface area contributed by atoms with Gasteiger partial charge >= 0.3 is 0 Å². The molecule has 1 aromatic heterocycles. The highest BCUT2D eigenvalue weighted by atomic mass is 35.5. The summed E-state index contributed by atoms with van der Waals surface area (Å²) in [6, 6.07) is 8.68. The summed E-state index contributed by atoms with van der Waals surface area (Å²) in [5.41, 5.74) is 7.04. The van der Waals surface area contributed by atoms with Crippen LogP contribution in [0.5, 0.6) is 5.88 Å². The largest absolute Gasteiger partial charge is 0.476 e. The molecule has 0 bridgehead atoms. The molecule has 0 aliphatic carbocycles. The van der Waals surface area contributed by atoms with E-state index in [2.05, 4.69) is 24.1 Å². The molecule has 0 saturated heterocycles. The third-order valence-corrected chi connectivity index (χ3v) is 3.20. The Balaban J connectivity index is 2.20. The van der Waals surface area contributed by atoms with Crippen LogP contribution in [-0.2, 0) is 0 Å². The molecule has 112 valence electrons. The van der Waals surface area contributed by atoms with Gasteiger partial charge in [0.05, 0.1) is 23.0 Å². The molecule has 0 radical (unpaired) electrons. The van der Waals surface area contributed by atoms with Crippen LogP contribution in [0.15, 0.2) is 30.3 Å². The quantitative estimate of drug-likeness (QED) is 0.832. The number of aromatic nitrogens is 1. The molecule has 0 saturated carbocycles. The summed E-state index contributed by atoms with van der Waals surface area (Å²) in [7, 11) is 0. The average Bonchev–Trinajstić information content (AvgIpc) is 2.43. The van der Waals surface area contributed by atoms with Crippen LogP contribution in [0, 0.1) is 5.92 Å². The second kappa shape index (κ2) is 6.87. The zero-order valence-corrected chi connectivity index (χ0v) is 13.4. The van der Waals surface area contributed by atoms with E-state index in [0.717, 1.165) is 0 Å². The minimum Gasteiger partial charge on any atom is -0.476 e. The lowest BCUT2D eigenvalue weighted by atomic mass is 10.2. The van der Waals surface area contributed by atoms with Gasteiger partial charge in [0.1, 0.15) is 5.82 Å². The van der Waals surface area contributed by atoms with Crippen LogP contribution in [0.25, 0.3) is 0 Å². The van der Waals surface area contributed by atoms with Gasteiger partial charge in [-0.3, -0.25) is 0 Å². The van der Waals surface area contributed by atoms with Gasteiger partial charge in [-0.25, -0.2) is 0 Å². The van der Waals surface area contributed by atoms with Crippen molar-refractivity contribution in [1.82, 2.24) is 4.98 Å². The first-order valence-corrected chi connectivity index (χ1v) is 7.32. The number of anilines is 3. The van der Waals surface area contributed by atoms with Crippen molar-refractivity contribution in [3.05, 3.63) is 40.4 Å². The molecule has 0 aliphatic rings. The Morgan fingerprint density at radius 2 is 2.00 bits per heavy atom. The van der Waals surface area contributed by atoms with E-state index in [0.29, 0.717) is 45.6 Å². The molecule has 6 heteroatoms. The molecule has 21 heavy (non-hydrogen) atoms. The van der Waals surface area contributed by atoms with Gasteiger partial charge in [0.2, 0.25) is 5.88 Å². The molecule has 0 unspecified atom stereocenters. The highest BCUT2D eigenvalue weighted by Gasteiger charge is 2.08. The molecular formula is C15H17Cl2N3O. The summed E-state index contributed by atoms with van der Waals surface area (Å²) >= 11 is 12.1. The minimum absolute atomic E-state index is 0.394. The van der Waals surface area contributed by atoms with Gasteiger partial charge in [-0.1, -0.05) is 37.0 Å². The standard InChI is InChI=1S/C15H17Cl2N3O/c1-9(2)8-21-15-12(18)5-6-14(20-15)19-13-7-10(16)3-4-11(13)17/h3-7,9H,8,18H2,1-2H3,(H,19,20). The molecule has 0 atom stereocenters. The van der Waals surface area contributed by atoms with Crippen molar-refractivity contribution in [2.45, 2.75) is 13.8 Å². The fourth-order valence-corrected chi connectivity index (χ4v) is 1.95. The lowest BCUT2D eigenvalue weighted by Gasteiger charge is -2.13. The summed E-state index contributed by atoms with van der Waals surface area (Å²) in [5.74, 6) is 1.39. The average molecular weight is 326 g/mol. The fraction of sp³-hybridized carbons (Fsp3) is 0.267. The Morgan fingerprint density at radius 3 is 2.71 bits per heavy atom. The number of nitrogens with two attached hydrogens (primary N) is 1. The zero-order valence-electron chi connectivity index (χ0n) is 11.9. The molecule has 1 heterocycles. The highest BCUT2D eigenvalue weighted by Crippen LogP contribution is 2.29. The predicted octanol–water partition coefficient (Wildman–Crippen LogP) is 4.75. The fourth-order valence-electron chi connectivity index (χ4n) is 1.61. The van der Waals surface area contributed by atoms with Gasteiger partial charge in [-0.05, 0) is 36.2 Å². The molecule has 2 rings (SSSR count). The minimum atomic E-state index is 0.394. The molecule has 0 aliphatic heterocycles. The number of nitrogens with one attached hydrogen (secondary N) is 1. The van der Waals surface area contributed by atoms with Crippen LogP contribution >= 0.6 is 23.2 Å². The van der Waals surface area contributed by atoms with E-state index in [4.69, 9.17) is 33.7 Å². The Hall–Kier alpha value is -1.65. The second-order valence-electron chi connectivity index (χ2n) is 5.04. The number of hydrogen-bond donors (Lipinski definition) is 2. The smallest absolute Gasteiger partial charge is 0.239 e. The lowest BCUT2D eigenvalue weighted by Crippen LogP contribution is -2.08. The van der Waals surface area contributed by atoms with E-state index < -0.39 is 0 Å². The number of rotatable bonds is 5. The van der Waals surface area contributed by atoms with Crippen LogP contribution in [0.3, 0.4) is 0 Å². The summed E-state index contributed by atoms with van der Waals surface area (Å²) in [6.45, 7) is 4.67. The maximum absolute atomic E-state index is 6.12. The van der Waals surface area contributed by atoms with E-state index in [1.807, 2.05) is 0 Å². The number of benzene rings is 1. The van der Waals surface area contributed by atoms with Gasteiger partial charge in [0.15, 0.2) is 0 Å². The van der Waals surface area contributed by atoms with Crippen LogP contribution in [0.1, 0.15) is 13.8 Å². The van der Waals surface area contributed by atoms with E-state index in [-0.39, 0.29) is 0 Å². The Morgan fingerprint density at radius 1 is 1.24 bits per heavy atom. The molecule has 0 spiro atoms. The maximum atomic E-state index is 6.12. The second-order valence-corrected chi connectivity index (χ2v) is 5.89. The summed E-state index contributed by atoms with van der Waals surface area (Å²) in [5, 5.41) is 4.25. The van der Waals surface area contributed by atoms with Crippen molar-refractivity contribution in [1.29, 1.82) is 0 Å². The Kier molecular flexibility index (Phi) is 5.15. The number of halogens is 2. The number of hydrogen-bond acceptors (Lipinski definition) is 4. The molecule has 2 aromatic rings. The summed E-state index contributed by atoms with van der Waals surface area (Å²) in [6.07, 6.45) is 0. The first-order valence-electron chi connectivity index (χ1n) is 6.57. The lowest BCUT2D eigenvalue weighted by molar-refractivity contribution is 0.263. The third kappa shape index (κ3) is 4.41. The Labute approximate surface area is 134 Å². The van der Waals surface area contributed by atoms with Crippen LogP contribution in [-0.4, -0.2) is 11.6 Å². The first kappa shape index (κ1) is 15.7. The molecule has 1 aromatic carbocycles. The van der Waals surface area contributed by atoms with Crippen molar-refractivity contribution in [3.63, 3.8) is 0 Å². The van der Waals surface area contributed by atoms with Gasteiger partial charge < -0.3 is 15.8 Å². The first-order chi connectivity index (χ1) is 9.95. The van der Waals surface area contributed by atoms with Crippen LogP contribution in [0.4, 0.5) is 17.2 Å². The molecule has 0 fully saturated rings. The van der Waals surface area contributed by atoms with E-state index >= 15 is 0 Å². The number of pyridine rings is 1. The van der Waals surface area contributed by atoms with Crippen molar-refractivity contribution in [2.75, 3.05) is 17.7 Å². The SMILES string of the molecule is CC(C)COc1nc(Nc2cc(Cl)ccc2Cl)ccc1N. The number of nitrogens with zero attached hydrogens (tertiary/aromatic N) is 1. The van der Waals surface area contributed by atoms with E-state index in [9.17, 15) is 0 Å². The van der Waals surface area contributed by atoms with Gasteiger partial charge in [0, 0.05) is 5.02 Å². The molecule has 3 N–H and O–H groups in total. The van der Waals surface area contributed by atoms with E-state index in [1.54, 1.807) is 30.3 Å². The molecule has 0 amide bonds. The van der Waals surface area contributed by atoms with E-state index in [1.165, 1.54) is 0 Å².